The van der Waals surface area contributed by atoms with Crippen LogP contribution in [0.2, 0.25) is 0 Å². The molecular formula is C15H25N3O6. The van der Waals surface area contributed by atoms with Gasteiger partial charge in [0.2, 0.25) is 11.7 Å². The number of hydroxylamine groups is 1. The summed E-state index contributed by atoms with van der Waals surface area (Å²) in [5, 5.41) is 4.98. The summed E-state index contributed by atoms with van der Waals surface area (Å²) in [7, 11) is 0. The smallest absolute Gasteiger partial charge is 0.408 e. The van der Waals surface area contributed by atoms with Gasteiger partial charge in [0.1, 0.15) is 11.6 Å². The Labute approximate surface area is 140 Å². The van der Waals surface area contributed by atoms with Gasteiger partial charge in [0.15, 0.2) is 0 Å². The zero-order valence-electron chi connectivity index (χ0n) is 14.6. The number of rotatable bonds is 4. The Balaban J connectivity index is 2.74. The van der Waals surface area contributed by atoms with Crippen LogP contribution in [0.5, 0.6) is 0 Å². The van der Waals surface area contributed by atoms with Gasteiger partial charge in [-0.3, -0.25) is 19.2 Å². The van der Waals surface area contributed by atoms with Gasteiger partial charge < -0.3 is 15.4 Å². The van der Waals surface area contributed by atoms with Crippen molar-refractivity contribution < 1.29 is 28.8 Å². The molecule has 136 valence electrons. The van der Waals surface area contributed by atoms with Gasteiger partial charge in [0.05, 0.1) is 12.6 Å². The van der Waals surface area contributed by atoms with Crippen LogP contribution in [0, 0.1) is 5.92 Å². The number of Topliss-reactive ketones (excluding diaryl/α,β-unsaturated/α-hetero) is 1. The first-order valence-electron chi connectivity index (χ1n) is 7.77. The molecule has 0 saturated carbocycles. The maximum Gasteiger partial charge on any atom is 0.408 e. The minimum atomic E-state index is -0.998. The summed E-state index contributed by atoms with van der Waals surface area (Å²) in [4.78, 5) is 52.3. The van der Waals surface area contributed by atoms with E-state index in [2.05, 4.69) is 10.6 Å². The van der Waals surface area contributed by atoms with Crippen LogP contribution in [0.3, 0.4) is 0 Å². The lowest BCUT2D eigenvalue weighted by atomic mass is 10.0. The molecule has 3 N–H and O–H groups in total. The van der Waals surface area contributed by atoms with Crippen molar-refractivity contribution in [3.8, 4) is 0 Å². The standard InChI is InChI=1S/C15H25N3O6/c1-8(2)10(17-14(22)24-15(3,4)5)12(20)16-9-6-7-23-18-13(21)11(9)19/h8-10H,6-7H2,1-5H3,(H,16,20)(H,17,22)(H,18,21). The van der Waals surface area contributed by atoms with Crippen molar-refractivity contribution in [2.75, 3.05) is 6.61 Å². The second kappa shape index (κ2) is 8.09. The molecule has 9 nitrogen and oxygen atoms in total. The Morgan fingerprint density at radius 1 is 1.29 bits per heavy atom. The van der Waals surface area contributed by atoms with Gasteiger partial charge in [-0.2, -0.15) is 0 Å². The molecule has 1 aliphatic heterocycles. The van der Waals surface area contributed by atoms with Gasteiger partial charge in [-0.25, -0.2) is 10.3 Å². The quantitative estimate of drug-likeness (QED) is 0.620. The van der Waals surface area contributed by atoms with Crippen LogP contribution >= 0.6 is 0 Å². The molecule has 1 aliphatic rings. The zero-order chi connectivity index (χ0) is 18.5. The molecule has 9 heteroatoms. The lowest BCUT2D eigenvalue weighted by Gasteiger charge is -2.26. The Morgan fingerprint density at radius 2 is 1.92 bits per heavy atom. The average Bonchev–Trinajstić information content (AvgIpc) is 2.58. The van der Waals surface area contributed by atoms with Gasteiger partial charge in [-0.05, 0) is 26.7 Å². The molecule has 2 unspecified atom stereocenters. The molecule has 1 heterocycles. The second-order valence-electron chi connectivity index (χ2n) is 6.86. The number of amides is 3. The summed E-state index contributed by atoms with van der Waals surface area (Å²) in [5.74, 6) is -2.52. The predicted molar refractivity (Wildman–Crippen MR) is 83.6 cm³/mol. The van der Waals surface area contributed by atoms with Crippen molar-refractivity contribution in [3.63, 3.8) is 0 Å². The Morgan fingerprint density at radius 3 is 2.46 bits per heavy atom. The van der Waals surface area contributed by atoms with Crippen molar-refractivity contribution in [2.24, 2.45) is 5.92 Å². The van der Waals surface area contributed by atoms with Crippen LogP contribution in [0.4, 0.5) is 4.79 Å². The molecule has 0 spiro atoms. The van der Waals surface area contributed by atoms with E-state index in [4.69, 9.17) is 9.57 Å². The summed E-state index contributed by atoms with van der Waals surface area (Å²) < 4.78 is 5.14. The van der Waals surface area contributed by atoms with Gasteiger partial charge in [-0.15, -0.1) is 0 Å². The molecule has 24 heavy (non-hydrogen) atoms. The fourth-order valence-electron chi connectivity index (χ4n) is 2.00. The van der Waals surface area contributed by atoms with Crippen LogP contribution in [-0.4, -0.2) is 48.0 Å². The van der Waals surface area contributed by atoms with Gasteiger partial charge in [0.25, 0.3) is 0 Å². The highest BCUT2D eigenvalue weighted by molar-refractivity contribution is 6.38. The molecule has 1 saturated heterocycles. The largest absolute Gasteiger partial charge is 0.444 e. The van der Waals surface area contributed by atoms with Crippen molar-refractivity contribution in [2.45, 2.75) is 58.7 Å². The minimum absolute atomic E-state index is 0.0915. The molecule has 3 amide bonds. The van der Waals surface area contributed by atoms with Gasteiger partial charge in [-0.1, -0.05) is 13.8 Å². The third-order valence-electron chi connectivity index (χ3n) is 3.15. The highest BCUT2D eigenvalue weighted by Crippen LogP contribution is 2.09. The van der Waals surface area contributed by atoms with Crippen LogP contribution in [0.1, 0.15) is 41.0 Å². The molecule has 0 aromatic rings. The van der Waals surface area contributed by atoms with E-state index in [0.717, 1.165) is 0 Å². The number of hydrogen-bond donors (Lipinski definition) is 3. The topological polar surface area (TPSA) is 123 Å². The summed E-state index contributed by atoms with van der Waals surface area (Å²) >= 11 is 0. The van der Waals surface area contributed by atoms with Crippen molar-refractivity contribution in [3.05, 3.63) is 0 Å². The fourth-order valence-corrected chi connectivity index (χ4v) is 2.00. The van der Waals surface area contributed by atoms with E-state index in [1.54, 1.807) is 34.6 Å². The van der Waals surface area contributed by atoms with E-state index >= 15 is 0 Å². The van der Waals surface area contributed by atoms with Crippen molar-refractivity contribution in [1.82, 2.24) is 16.1 Å². The lowest BCUT2D eigenvalue weighted by Crippen LogP contribution is -2.55. The number of hydrogen-bond acceptors (Lipinski definition) is 6. The van der Waals surface area contributed by atoms with Crippen molar-refractivity contribution in [1.29, 1.82) is 0 Å². The number of ketones is 1. The molecular weight excluding hydrogens is 318 g/mol. The molecule has 0 aromatic heterocycles. The van der Waals surface area contributed by atoms with Crippen LogP contribution in [0.25, 0.3) is 0 Å². The first kappa shape index (κ1) is 19.9. The molecule has 0 aromatic carbocycles. The van der Waals surface area contributed by atoms with E-state index in [1.165, 1.54) is 0 Å². The molecule has 1 fully saturated rings. The summed E-state index contributed by atoms with van der Waals surface area (Å²) in [6.45, 7) is 8.70. The molecule has 2 atom stereocenters. The average molecular weight is 343 g/mol. The van der Waals surface area contributed by atoms with E-state index in [0.29, 0.717) is 0 Å². The zero-order valence-corrected chi connectivity index (χ0v) is 14.6. The highest BCUT2D eigenvalue weighted by Gasteiger charge is 2.33. The number of alkyl carbamates (subject to hydrolysis) is 1. The van der Waals surface area contributed by atoms with E-state index in [1.807, 2.05) is 5.48 Å². The lowest BCUT2D eigenvalue weighted by molar-refractivity contribution is -0.144. The van der Waals surface area contributed by atoms with Crippen LogP contribution < -0.4 is 16.1 Å². The number of ether oxygens (including phenoxy) is 1. The number of nitrogens with one attached hydrogen (secondary N) is 3. The summed E-state index contributed by atoms with van der Waals surface area (Å²) in [6.07, 6.45) is -0.578. The SMILES string of the molecule is CC(C)C(NC(=O)OC(C)(C)C)C(=O)NC1CCONC(=O)C1=O. The molecule has 1 rings (SSSR count). The summed E-state index contributed by atoms with van der Waals surface area (Å²) in [5.41, 5.74) is 1.28. The Bertz CT molecular complexity index is 512. The Hall–Kier alpha value is -2.16. The van der Waals surface area contributed by atoms with E-state index < -0.39 is 41.4 Å². The van der Waals surface area contributed by atoms with Crippen molar-refractivity contribution >= 4 is 23.7 Å². The minimum Gasteiger partial charge on any atom is -0.444 e. The Kier molecular flexibility index (Phi) is 6.70. The van der Waals surface area contributed by atoms with Gasteiger partial charge in [0, 0.05) is 6.42 Å². The van der Waals surface area contributed by atoms with E-state index in [-0.39, 0.29) is 18.9 Å². The molecule has 0 radical (unpaired) electrons. The van der Waals surface area contributed by atoms with E-state index in [9.17, 15) is 19.2 Å². The predicted octanol–water partition coefficient (Wildman–Crippen LogP) is 0.0411. The second-order valence-corrected chi connectivity index (χ2v) is 6.86. The monoisotopic (exact) mass is 343 g/mol. The highest BCUT2D eigenvalue weighted by atomic mass is 16.7. The van der Waals surface area contributed by atoms with Crippen LogP contribution in [0.15, 0.2) is 0 Å². The molecule has 0 bridgehead atoms. The third-order valence-corrected chi connectivity index (χ3v) is 3.15. The number of carbonyl (C=O) groups excluding carboxylic acids is 4. The third kappa shape index (κ3) is 6.15. The maximum atomic E-state index is 12.4. The van der Waals surface area contributed by atoms with Crippen LogP contribution in [-0.2, 0) is 24.0 Å². The maximum absolute atomic E-state index is 12.4. The van der Waals surface area contributed by atoms with Gasteiger partial charge >= 0.3 is 12.0 Å². The summed E-state index contributed by atoms with van der Waals surface area (Å²) in [6, 6.07) is -1.90. The fraction of sp³-hybridized carbons (Fsp3) is 0.733. The number of carbonyl (C=O) groups is 4. The molecule has 0 aliphatic carbocycles. The first-order valence-corrected chi connectivity index (χ1v) is 7.77. The first-order chi connectivity index (χ1) is 11.0. The normalized spacial score (nSPS) is 20.0.